The molecule has 0 unspecified atom stereocenters. The van der Waals surface area contributed by atoms with Crippen molar-refractivity contribution in [1.82, 2.24) is 0 Å². The number of amides is 4. The van der Waals surface area contributed by atoms with Crippen molar-refractivity contribution in [1.29, 1.82) is 0 Å². The highest BCUT2D eigenvalue weighted by Crippen LogP contribution is 2.52. The number of allylic oxidation sites excluding steroid dienone is 4. The molecular formula is C46H36N2O4. The van der Waals surface area contributed by atoms with Gasteiger partial charge < -0.3 is 0 Å². The topological polar surface area (TPSA) is 74.8 Å². The molecule has 5 aromatic carbocycles. The number of carbonyl (C=O) groups is 4. The lowest BCUT2D eigenvalue weighted by Crippen LogP contribution is -2.33. The molecule has 4 amide bonds. The van der Waals surface area contributed by atoms with E-state index in [-0.39, 0.29) is 47.3 Å². The number of hydrogen-bond acceptors (Lipinski definition) is 4. The first-order valence-electron chi connectivity index (χ1n) is 17.9. The Balaban J connectivity index is 1.10. The predicted octanol–water partition coefficient (Wildman–Crippen LogP) is 8.17. The summed E-state index contributed by atoms with van der Waals surface area (Å²) in [6.45, 7) is 0. The summed E-state index contributed by atoms with van der Waals surface area (Å²) < 4.78 is 0. The normalized spacial score (nSPS) is 27.9. The number of hydrogen-bond donors (Lipinski definition) is 0. The molecule has 8 atom stereocenters. The van der Waals surface area contributed by atoms with Gasteiger partial charge in [0.1, 0.15) is 0 Å². The standard InChI is InChI=1S/C46H36N2O4/c49-43-39-35(29-14-5-1-6-15-29)24-25-36(30-16-7-2-8-17-30)40(39)44(50)47(43)33-22-13-23-34(28-33)48-45(51)41-37(31-18-9-3-10-19-31)26-27-38(42(41)46(48)52)32-20-11-4-12-21-32/h1-28,35-42H/t35-,36-,37-,38-,39+,40+,41+,42+/m1/s1. The van der Waals surface area contributed by atoms with Gasteiger partial charge in [-0.15, -0.1) is 0 Å². The fourth-order valence-electron chi connectivity index (χ4n) is 9.15. The lowest BCUT2D eigenvalue weighted by Gasteiger charge is -2.32. The molecular weight excluding hydrogens is 645 g/mol. The molecule has 52 heavy (non-hydrogen) atoms. The first-order valence-corrected chi connectivity index (χ1v) is 17.9. The summed E-state index contributed by atoms with van der Waals surface area (Å²) in [7, 11) is 0. The molecule has 5 aromatic rings. The van der Waals surface area contributed by atoms with Gasteiger partial charge in [0.15, 0.2) is 0 Å². The molecule has 254 valence electrons. The van der Waals surface area contributed by atoms with E-state index in [2.05, 4.69) is 24.3 Å². The molecule has 2 aliphatic heterocycles. The monoisotopic (exact) mass is 680 g/mol. The smallest absolute Gasteiger partial charge is 0.238 e. The van der Waals surface area contributed by atoms with E-state index in [9.17, 15) is 19.2 Å². The second-order valence-corrected chi connectivity index (χ2v) is 14.2. The summed E-state index contributed by atoms with van der Waals surface area (Å²) in [5.41, 5.74) is 4.61. The van der Waals surface area contributed by atoms with Crippen molar-refractivity contribution >= 4 is 35.0 Å². The van der Waals surface area contributed by atoms with E-state index in [1.54, 1.807) is 24.3 Å². The Kier molecular flexibility index (Phi) is 7.88. The van der Waals surface area contributed by atoms with E-state index in [0.29, 0.717) is 11.4 Å². The van der Waals surface area contributed by atoms with Gasteiger partial charge in [-0.25, -0.2) is 9.80 Å². The van der Waals surface area contributed by atoms with Gasteiger partial charge in [-0.05, 0) is 40.5 Å². The molecule has 0 N–H and O–H groups in total. The molecule has 2 saturated heterocycles. The fraction of sp³-hybridized carbons (Fsp3) is 0.174. The molecule has 6 nitrogen and oxygen atoms in total. The van der Waals surface area contributed by atoms with Crippen LogP contribution in [0.5, 0.6) is 0 Å². The van der Waals surface area contributed by atoms with Crippen LogP contribution in [0, 0.1) is 23.7 Å². The summed E-state index contributed by atoms with van der Waals surface area (Å²) in [5, 5.41) is 0. The van der Waals surface area contributed by atoms with E-state index < -0.39 is 23.7 Å². The second kappa shape index (κ2) is 12.9. The van der Waals surface area contributed by atoms with Crippen molar-refractivity contribution < 1.29 is 19.2 Å². The summed E-state index contributed by atoms with van der Waals surface area (Å²) in [6.07, 6.45) is 8.29. The molecule has 4 aliphatic rings. The van der Waals surface area contributed by atoms with Gasteiger partial charge in [-0.2, -0.15) is 0 Å². The van der Waals surface area contributed by atoms with Gasteiger partial charge in [0.2, 0.25) is 23.6 Å². The van der Waals surface area contributed by atoms with E-state index in [4.69, 9.17) is 0 Å². The third kappa shape index (κ3) is 5.09. The molecule has 0 spiro atoms. The highest BCUT2D eigenvalue weighted by atomic mass is 16.2. The van der Waals surface area contributed by atoms with Crippen LogP contribution in [-0.2, 0) is 19.2 Å². The van der Waals surface area contributed by atoms with Crippen LogP contribution in [0.3, 0.4) is 0 Å². The molecule has 2 aliphatic carbocycles. The highest BCUT2D eigenvalue weighted by Gasteiger charge is 2.57. The van der Waals surface area contributed by atoms with E-state index in [1.165, 1.54) is 9.80 Å². The summed E-state index contributed by atoms with van der Waals surface area (Å²) in [4.78, 5) is 60.9. The number of imide groups is 2. The van der Waals surface area contributed by atoms with Gasteiger partial charge in [0.25, 0.3) is 0 Å². The van der Waals surface area contributed by atoms with E-state index in [0.717, 1.165) is 22.3 Å². The Morgan fingerprint density at radius 2 is 0.558 bits per heavy atom. The van der Waals surface area contributed by atoms with Crippen LogP contribution in [0.15, 0.2) is 170 Å². The molecule has 2 heterocycles. The SMILES string of the molecule is O=C1[C@@H]2[C@@H](C(=O)N1c1cccc(N3C(=O)[C@@H]4[C@@H](C3=O)[C@@H](c3ccccc3)C=C[C@@H]4c3ccccc3)c1)[C@@H](c1ccccc1)C=C[C@@H]2c1ccccc1. The number of rotatable bonds is 6. The van der Waals surface area contributed by atoms with Crippen LogP contribution in [0.1, 0.15) is 45.9 Å². The maximum Gasteiger partial charge on any atom is 0.238 e. The zero-order valence-corrected chi connectivity index (χ0v) is 28.3. The van der Waals surface area contributed by atoms with Crippen molar-refractivity contribution in [2.45, 2.75) is 23.7 Å². The van der Waals surface area contributed by atoms with Crippen LogP contribution >= 0.6 is 0 Å². The summed E-state index contributed by atoms with van der Waals surface area (Å²) in [5.74, 6) is -4.70. The largest absolute Gasteiger partial charge is 0.274 e. The minimum atomic E-state index is -0.615. The minimum absolute atomic E-state index is 0.280. The Bertz CT molecular complexity index is 1940. The van der Waals surface area contributed by atoms with Gasteiger partial charge in [-0.1, -0.05) is 152 Å². The number of fused-ring (bicyclic) bond motifs is 2. The highest BCUT2D eigenvalue weighted by molar-refractivity contribution is 6.25. The number of nitrogens with zero attached hydrogens (tertiary/aromatic N) is 2. The van der Waals surface area contributed by atoms with Gasteiger partial charge in [0.05, 0.1) is 35.0 Å². The van der Waals surface area contributed by atoms with Crippen LogP contribution in [0.2, 0.25) is 0 Å². The zero-order chi connectivity index (χ0) is 35.3. The Labute approximate surface area is 302 Å². The molecule has 0 saturated carbocycles. The Hall–Kier alpha value is -6.14. The van der Waals surface area contributed by atoms with E-state index >= 15 is 0 Å². The third-order valence-electron chi connectivity index (χ3n) is 11.5. The Morgan fingerprint density at radius 3 is 0.808 bits per heavy atom. The lowest BCUT2D eigenvalue weighted by atomic mass is 9.68. The average molecular weight is 681 g/mol. The maximum absolute atomic E-state index is 14.6. The predicted molar refractivity (Wildman–Crippen MR) is 200 cm³/mol. The van der Waals surface area contributed by atoms with Crippen molar-refractivity contribution in [2.75, 3.05) is 9.80 Å². The number of benzene rings is 5. The zero-order valence-electron chi connectivity index (χ0n) is 28.3. The van der Waals surface area contributed by atoms with Crippen LogP contribution < -0.4 is 9.80 Å². The minimum Gasteiger partial charge on any atom is -0.274 e. The summed E-state index contributed by atoms with van der Waals surface area (Å²) >= 11 is 0. The first-order chi connectivity index (χ1) is 25.5. The van der Waals surface area contributed by atoms with Crippen LogP contribution in [0.4, 0.5) is 11.4 Å². The second-order valence-electron chi connectivity index (χ2n) is 14.2. The van der Waals surface area contributed by atoms with E-state index in [1.807, 2.05) is 121 Å². The fourth-order valence-corrected chi connectivity index (χ4v) is 9.15. The van der Waals surface area contributed by atoms with Crippen LogP contribution in [-0.4, -0.2) is 23.6 Å². The molecule has 0 bridgehead atoms. The average Bonchev–Trinajstić information content (AvgIpc) is 3.63. The quantitative estimate of drug-likeness (QED) is 0.134. The third-order valence-corrected chi connectivity index (χ3v) is 11.5. The molecule has 0 aromatic heterocycles. The van der Waals surface area contributed by atoms with Crippen molar-refractivity contribution in [3.05, 3.63) is 192 Å². The first kappa shape index (κ1) is 31.8. The van der Waals surface area contributed by atoms with Crippen LogP contribution in [0.25, 0.3) is 0 Å². The van der Waals surface area contributed by atoms with Gasteiger partial charge in [-0.3, -0.25) is 19.2 Å². The molecule has 9 rings (SSSR count). The molecule has 6 heteroatoms. The maximum atomic E-state index is 14.6. The van der Waals surface area contributed by atoms with Gasteiger partial charge in [0, 0.05) is 23.7 Å². The van der Waals surface area contributed by atoms with Gasteiger partial charge >= 0.3 is 0 Å². The van der Waals surface area contributed by atoms with Crippen molar-refractivity contribution in [2.24, 2.45) is 23.7 Å². The molecule has 0 radical (unpaired) electrons. The number of carbonyl (C=O) groups excluding carboxylic acids is 4. The summed E-state index contributed by atoms with van der Waals surface area (Å²) in [6, 6.07) is 46.2. The Morgan fingerprint density at radius 1 is 0.308 bits per heavy atom. The lowest BCUT2D eigenvalue weighted by molar-refractivity contribution is -0.124. The van der Waals surface area contributed by atoms with Crippen molar-refractivity contribution in [3.63, 3.8) is 0 Å². The number of anilines is 2. The van der Waals surface area contributed by atoms with Crippen molar-refractivity contribution in [3.8, 4) is 0 Å². The molecule has 2 fully saturated rings.